The van der Waals surface area contributed by atoms with Gasteiger partial charge in [-0.1, -0.05) is 12.1 Å². The molecule has 1 aliphatic rings. The second-order valence-corrected chi connectivity index (χ2v) is 11.4. The van der Waals surface area contributed by atoms with Gasteiger partial charge in [-0.25, -0.2) is 13.4 Å². The zero-order valence-corrected chi connectivity index (χ0v) is 23.9. The molecular weight excluding hydrogens is 555 g/mol. The number of alkyl halides is 1. The summed E-state index contributed by atoms with van der Waals surface area (Å²) in [5.41, 5.74) is -0.0602. The van der Waals surface area contributed by atoms with Gasteiger partial charge in [-0.3, -0.25) is 0 Å². The summed E-state index contributed by atoms with van der Waals surface area (Å²) in [5.74, 6) is 1.22. The number of nitrogens with one attached hydrogen (secondary N) is 2. The van der Waals surface area contributed by atoms with Crippen molar-refractivity contribution in [2.24, 2.45) is 0 Å². The minimum Gasteiger partial charge on any atom is -0.497 e. The molecule has 0 spiro atoms. The number of aliphatic hydroxyl groups is 1. The van der Waals surface area contributed by atoms with E-state index in [1.54, 1.807) is 7.11 Å². The first-order chi connectivity index (χ1) is 17.5. The summed E-state index contributed by atoms with van der Waals surface area (Å²) in [5, 5.41) is 24.1. The van der Waals surface area contributed by atoms with E-state index in [4.69, 9.17) is 31.1 Å². The van der Waals surface area contributed by atoms with Crippen molar-refractivity contribution in [1.29, 1.82) is 5.26 Å². The molecule has 2 unspecified atom stereocenters. The van der Waals surface area contributed by atoms with Crippen LogP contribution in [0, 0.1) is 11.3 Å². The van der Waals surface area contributed by atoms with Gasteiger partial charge in [-0.15, -0.1) is 28.8 Å². The quantitative estimate of drug-likeness (QED) is 0.252. The monoisotopic (exact) mass is 588 g/mol. The number of nitriles is 1. The molecule has 1 aliphatic heterocycles. The molecule has 0 bridgehead atoms. The zero-order valence-electron chi connectivity index (χ0n) is 21.5. The fraction of sp³-hybridized carbons (Fsp3) is 0.480. The molecule has 210 valence electrons. The smallest absolute Gasteiger partial charge is 0.253 e. The molecule has 0 saturated carbocycles. The molecule has 38 heavy (non-hydrogen) atoms. The third kappa shape index (κ3) is 9.25. The average molecular weight is 590 g/mol. The molecule has 0 aromatic heterocycles. The van der Waals surface area contributed by atoms with Gasteiger partial charge in [-0.2, -0.15) is 5.26 Å². The molecule has 1 heterocycles. The second kappa shape index (κ2) is 14.3. The van der Waals surface area contributed by atoms with Gasteiger partial charge >= 0.3 is 0 Å². The predicted octanol–water partition coefficient (Wildman–Crippen LogP) is 2.45. The highest BCUT2D eigenvalue weighted by Crippen LogP contribution is 2.20. The van der Waals surface area contributed by atoms with E-state index in [2.05, 4.69) is 24.0 Å². The molecule has 0 amide bonds. The Kier molecular flexibility index (Phi) is 12.1. The van der Waals surface area contributed by atoms with E-state index in [0.717, 1.165) is 17.7 Å². The Bertz CT molecular complexity index is 1160. The lowest BCUT2D eigenvalue weighted by Gasteiger charge is -2.34. The third-order valence-electron chi connectivity index (χ3n) is 5.74. The molecule has 1 fully saturated rings. The molecule has 0 aliphatic carbocycles. The maximum atomic E-state index is 12.7. The Morgan fingerprint density at radius 1 is 1.21 bits per heavy atom. The number of β-amino-alcohol motifs (C(OH)–C–C–N with tert-alkyl or cyclic N) is 1. The van der Waals surface area contributed by atoms with Gasteiger partial charge < -0.3 is 24.6 Å². The molecule has 1 saturated heterocycles. The van der Waals surface area contributed by atoms with E-state index >= 15 is 0 Å². The van der Waals surface area contributed by atoms with Crippen LogP contribution in [0.1, 0.15) is 19.4 Å². The van der Waals surface area contributed by atoms with Gasteiger partial charge in [0.25, 0.3) is 10.0 Å². The van der Waals surface area contributed by atoms with Crippen LogP contribution in [0.5, 0.6) is 11.5 Å². The van der Waals surface area contributed by atoms with Crippen LogP contribution in [-0.4, -0.2) is 75.2 Å². The minimum absolute atomic E-state index is 0. The fourth-order valence-corrected chi connectivity index (χ4v) is 5.17. The Morgan fingerprint density at radius 3 is 2.45 bits per heavy atom. The standard InChI is InChI=1S/C25H33ClN4O6S.ClH/c1-25(2,14-18-4-6-20(34-3)7-5-18)28-16-19(31)17-36-21-8-10-22(11-9-21)37(32,33)29-30-12-13-35-23(15-27)24(30)26;/h4-11,19,23-24,28-29,31H,12-14,16-17H2,1-3H3;1H/t19-,23?,24?;/m1./s1. The number of rotatable bonds is 12. The van der Waals surface area contributed by atoms with Crippen molar-refractivity contribution in [1.82, 2.24) is 15.2 Å². The van der Waals surface area contributed by atoms with Crippen molar-refractivity contribution in [2.45, 2.75) is 48.4 Å². The normalized spacial score (nSPS) is 19.2. The molecule has 0 radical (unpaired) electrons. The van der Waals surface area contributed by atoms with Crippen LogP contribution in [-0.2, 0) is 21.2 Å². The average Bonchev–Trinajstić information content (AvgIpc) is 2.88. The van der Waals surface area contributed by atoms with E-state index in [1.165, 1.54) is 29.3 Å². The van der Waals surface area contributed by atoms with E-state index in [0.29, 0.717) is 12.3 Å². The molecule has 3 rings (SSSR count). The fourth-order valence-electron chi connectivity index (χ4n) is 3.72. The summed E-state index contributed by atoms with van der Waals surface area (Å²) in [6.45, 7) is 4.85. The number of nitrogens with zero attached hydrogens (tertiary/aromatic N) is 2. The molecule has 2 aromatic carbocycles. The summed E-state index contributed by atoms with van der Waals surface area (Å²) in [6.07, 6.45) is -0.946. The number of hydrogen-bond donors (Lipinski definition) is 3. The summed E-state index contributed by atoms with van der Waals surface area (Å²) in [4.78, 5) is 2.40. The maximum absolute atomic E-state index is 12.7. The van der Waals surface area contributed by atoms with E-state index in [-0.39, 0.29) is 42.6 Å². The summed E-state index contributed by atoms with van der Waals surface area (Å²) in [6, 6.07) is 15.6. The molecule has 13 heteroatoms. The van der Waals surface area contributed by atoms with Crippen LogP contribution in [0.2, 0.25) is 0 Å². The minimum atomic E-state index is -3.92. The number of benzene rings is 2. The van der Waals surface area contributed by atoms with Crippen molar-refractivity contribution in [2.75, 3.05) is 33.4 Å². The first-order valence-corrected chi connectivity index (χ1v) is 13.7. The highest BCUT2D eigenvalue weighted by atomic mass is 35.5. The highest BCUT2D eigenvalue weighted by Gasteiger charge is 2.33. The van der Waals surface area contributed by atoms with Crippen LogP contribution in [0.3, 0.4) is 0 Å². The van der Waals surface area contributed by atoms with E-state index in [1.807, 2.05) is 30.3 Å². The number of halogens is 2. The van der Waals surface area contributed by atoms with Gasteiger partial charge in [0.2, 0.25) is 0 Å². The van der Waals surface area contributed by atoms with Gasteiger partial charge in [0, 0.05) is 18.6 Å². The van der Waals surface area contributed by atoms with Crippen molar-refractivity contribution < 1.29 is 27.7 Å². The molecular formula is C25H34Cl2N4O6S. The maximum Gasteiger partial charge on any atom is 0.253 e. The predicted molar refractivity (Wildman–Crippen MR) is 146 cm³/mol. The number of hydrogen-bond acceptors (Lipinski definition) is 9. The zero-order chi connectivity index (χ0) is 27.1. The molecule has 3 atom stereocenters. The van der Waals surface area contributed by atoms with Crippen molar-refractivity contribution in [3.8, 4) is 17.6 Å². The molecule has 2 aromatic rings. The second-order valence-electron chi connectivity index (χ2n) is 9.31. The summed E-state index contributed by atoms with van der Waals surface area (Å²) in [7, 11) is -2.29. The van der Waals surface area contributed by atoms with Gasteiger partial charge in [0.15, 0.2) is 6.10 Å². The van der Waals surface area contributed by atoms with Crippen molar-refractivity contribution >= 4 is 34.0 Å². The van der Waals surface area contributed by atoms with Gasteiger partial charge in [-0.05, 0) is 62.2 Å². The number of ether oxygens (including phenoxy) is 3. The summed E-state index contributed by atoms with van der Waals surface area (Å²) < 4.78 is 41.5. The molecule has 3 N–H and O–H groups in total. The lowest BCUT2D eigenvalue weighted by Crippen LogP contribution is -2.55. The van der Waals surface area contributed by atoms with Crippen LogP contribution in [0.15, 0.2) is 53.4 Å². The number of hydrazine groups is 1. The first kappa shape index (κ1) is 32.1. The van der Waals surface area contributed by atoms with E-state index < -0.39 is 27.7 Å². The molecule has 10 nitrogen and oxygen atoms in total. The van der Waals surface area contributed by atoms with Gasteiger partial charge in [0.1, 0.15) is 29.7 Å². The number of methoxy groups -OCH3 is 1. The van der Waals surface area contributed by atoms with Crippen LogP contribution < -0.4 is 19.6 Å². The topological polar surface area (TPSA) is 133 Å². The Labute approximate surface area is 235 Å². The van der Waals surface area contributed by atoms with Crippen LogP contribution in [0.4, 0.5) is 0 Å². The number of morpholine rings is 1. The van der Waals surface area contributed by atoms with Crippen LogP contribution in [0.25, 0.3) is 0 Å². The summed E-state index contributed by atoms with van der Waals surface area (Å²) >= 11 is 6.14. The van der Waals surface area contributed by atoms with Crippen LogP contribution >= 0.6 is 24.0 Å². The van der Waals surface area contributed by atoms with Gasteiger partial charge in [0.05, 0.1) is 24.7 Å². The Morgan fingerprint density at radius 2 is 1.84 bits per heavy atom. The lowest BCUT2D eigenvalue weighted by atomic mass is 9.94. The third-order valence-corrected chi connectivity index (χ3v) is 7.57. The number of sulfonamides is 1. The van der Waals surface area contributed by atoms with Crippen molar-refractivity contribution in [3.63, 3.8) is 0 Å². The highest BCUT2D eigenvalue weighted by molar-refractivity contribution is 7.89. The largest absolute Gasteiger partial charge is 0.497 e. The SMILES string of the molecule is COc1ccc(CC(C)(C)NC[C@@H](O)COc2ccc(S(=O)(=O)NN3CCOC(C#N)C3Cl)cc2)cc1.Cl. The first-order valence-electron chi connectivity index (χ1n) is 11.8. The lowest BCUT2D eigenvalue weighted by molar-refractivity contribution is -0.0247. The number of aliphatic hydroxyl groups excluding tert-OH is 1. The Hall–Kier alpha value is -2.14. The Balaban J connectivity index is 0.00000507. The van der Waals surface area contributed by atoms with E-state index in [9.17, 15) is 13.5 Å². The van der Waals surface area contributed by atoms with Crippen molar-refractivity contribution in [3.05, 3.63) is 54.1 Å².